The smallest absolute Gasteiger partial charge is 0.0279 e. The summed E-state index contributed by atoms with van der Waals surface area (Å²) < 4.78 is 0. The van der Waals surface area contributed by atoms with Crippen molar-refractivity contribution in [2.45, 2.75) is 158 Å². The van der Waals surface area contributed by atoms with Crippen LogP contribution in [0.2, 0.25) is 0 Å². The Hall–Kier alpha value is -1.56. The maximum absolute atomic E-state index is 2.52. The Kier molecular flexibility index (Phi) is 17.6. The highest BCUT2D eigenvalue weighted by Gasteiger charge is 2.10. The quantitative estimate of drug-likeness (QED) is 0.218. The molecule has 0 spiro atoms. The average molecular weight is 493 g/mol. The molecule has 0 bridgehead atoms. The summed E-state index contributed by atoms with van der Waals surface area (Å²) in [5.41, 5.74) is 12.9. The lowest BCUT2D eigenvalue weighted by Gasteiger charge is -2.15. The van der Waals surface area contributed by atoms with Crippen LogP contribution < -0.4 is 0 Å². The minimum absolute atomic E-state index is 1.25. The van der Waals surface area contributed by atoms with Gasteiger partial charge in [0, 0.05) is 0 Å². The highest BCUT2D eigenvalue weighted by molar-refractivity contribution is 5.40. The zero-order valence-corrected chi connectivity index (χ0v) is 25.6. The fourth-order valence-corrected chi connectivity index (χ4v) is 5.60. The molecule has 0 aliphatic rings. The second kappa shape index (κ2) is 19.5. The summed E-state index contributed by atoms with van der Waals surface area (Å²) >= 11 is 0. The monoisotopic (exact) mass is 492 g/mol. The minimum Gasteiger partial charge on any atom is -0.0651 e. The van der Waals surface area contributed by atoms with E-state index in [1.807, 2.05) is 0 Å². The second-order valence-corrected chi connectivity index (χ2v) is 10.8. The molecule has 0 radical (unpaired) electrons. The summed E-state index contributed by atoms with van der Waals surface area (Å²) in [6, 6.07) is 10.1. The Morgan fingerprint density at radius 3 is 0.444 bits per heavy atom. The highest BCUT2D eigenvalue weighted by atomic mass is 14.1. The maximum Gasteiger partial charge on any atom is -0.0279 e. The average Bonchev–Trinajstić information content (AvgIpc) is 2.85. The van der Waals surface area contributed by atoms with Gasteiger partial charge < -0.3 is 0 Å². The zero-order valence-electron chi connectivity index (χ0n) is 25.6. The van der Waals surface area contributed by atoms with Crippen molar-refractivity contribution in [3.05, 3.63) is 68.8 Å². The van der Waals surface area contributed by atoms with E-state index >= 15 is 0 Å². The van der Waals surface area contributed by atoms with Gasteiger partial charge in [-0.3, -0.25) is 0 Å². The van der Waals surface area contributed by atoms with Gasteiger partial charge in [-0.15, -0.1) is 0 Å². The first kappa shape index (κ1) is 32.5. The lowest BCUT2D eigenvalue weighted by Crippen LogP contribution is -2.02. The second-order valence-electron chi connectivity index (χ2n) is 10.8. The summed E-state index contributed by atoms with van der Waals surface area (Å²) in [6.07, 6.45) is 20.1. The van der Waals surface area contributed by atoms with Gasteiger partial charge >= 0.3 is 0 Å². The summed E-state index contributed by atoms with van der Waals surface area (Å²) in [6.45, 7) is 18.3. The van der Waals surface area contributed by atoms with Gasteiger partial charge in [-0.25, -0.2) is 0 Å². The maximum atomic E-state index is 2.52. The minimum atomic E-state index is 1.25. The molecule has 2 rings (SSSR count). The van der Waals surface area contributed by atoms with E-state index < -0.39 is 0 Å². The van der Waals surface area contributed by atoms with Crippen LogP contribution >= 0.6 is 0 Å². The number of hydrogen-bond donors (Lipinski definition) is 0. The fraction of sp³-hybridized carbons (Fsp3) is 0.667. The Morgan fingerprint density at radius 1 is 0.250 bits per heavy atom. The van der Waals surface area contributed by atoms with Crippen molar-refractivity contribution in [2.75, 3.05) is 0 Å². The van der Waals surface area contributed by atoms with Crippen LogP contribution in [-0.2, 0) is 51.4 Å². The number of benzene rings is 2. The van der Waals surface area contributed by atoms with E-state index in [-0.39, 0.29) is 0 Å². The first-order chi connectivity index (χ1) is 17.5. The van der Waals surface area contributed by atoms with Crippen molar-refractivity contribution in [3.63, 3.8) is 0 Å². The van der Waals surface area contributed by atoms with Crippen LogP contribution in [0.4, 0.5) is 0 Å². The summed E-state index contributed by atoms with van der Waals surface area (Å²) in [5.74, 6) is 0. The van der Waals surface area contributed by atoms with Crippen molar-refractivity contribution >= 4 is 0 Å². The van der Waals surface area contributed by atoms with Crippen LogP contribution in [0, 0.1) is 0 Å². The van der Waals surface area contributed by atoms with Crippen LogP contribution in [0.1, 0.15) is 151 Å². The van der Waals surface area contributed by atoms with Crippen LogP contribution in [-0.4, -0.2) is 0 Å². The van der Waals surface area contributed by atoms with Gasteiger partial charge in [0.15, 0.2) is 0 Å². The molecular weight excluding hydrogens is 432 g/mol. The SMILES string of the molecule is CCCc1cc(CCC)c(CCC)cc1CCC.CCCc1cc(CCC)c(CCC)cc1CCC. The highest BCUT2D eigenvalue weighted by Crippen LogP contribution is 2.24. The van der Waals surface area contributed by atoms with Crippen LogP contribution in [0.3, 0.4) is 0 Å². The Morgan fingerprint density at radius 2 is 0.361 bits per heavy atom. The van der Waals surface area contributed by atoms with E-state index in [1.54, 1.807) is 44.5 Å². The molecule has 2 aromatic rings. The third-order valence-corrected chi connectivity index (χ3v) is 7.20. The van der Waals surface area contributed by atoms with Crippen LogP contribution in [0.15, 0.2) is 24.3 Å². The van der Waals surface area contributed by atoms with Crippen molar-refractivity contribution in [2.24, 2.45) is 0 Å². The van der Waals surface area contributed by atoms with Gasteiger partial charge in [0.25, 0.3) is 0 Å². The molecule has 0 fully saturated rings. The molecule has 0 unspecified atom stereocenters. The molecular formula is C36H60. The molecule has 0 aliphatic carbocycles. The lowest BCUT2D eigenvalue weighted by atomic mass is 9.90. The predicted octanol–water partition coefficient (Wildman–Crippen LogP) is 11.0. The molecule has 0 aliphatic heterocycles. The number of hydrogen-bond acceptors (Lipinski definition) is 0. The van der Waals surface area contributed by atoms with Gasteiger partial charge in [0.1, 0.15) is 0 Å². The molecule has 0 amide bonds. The molecule has 0 saturated carbocycles. The Balaban J connectivity index is 0.000000360. The first-order valence-electron chi connectivity index (χ1n) is 15.8. The topological polar surface area (TPSA) is 0 Å². The van der Waals surface area contributed by atoms with Gasteiger partial charge in [-0.05, 0) is 95.9 Å². The summed E-state index contributed by atoms with van der Waals surface area (Å²) in [5, 5.41) is 0. The molecule has 0 heteroatoms. The Labute approximate surface area is 226 Å². The molecule has 0 atom stereocenters. The summed E-state index contributed by atoms with van der Waals surface area (Å²) in [4.78, 5) is 0. The van der Waals surface area contributed by atoms with E-state index in [1.165, 1.54) is 103 Å². The molecule has 0 aromatic heterocycles. The van der Waals surface area contributed by atoms with E-state index in [4.69, 9.17) is 0 Å². The van der Waals surface area contributed by atoms with Crippen molar-refractivity contribution < 1.29 is 0 Å². The van der Waals surface area contributed by atoms with Crippen molar-refractivity contribution in [1.82, 2.24) is 0 Å². The Bertz CT molecular complexity index is 638. The predicted molar refractivity (Wildman–Crippen MR) is 165 cm³/mol. The summed E-state index contributed by atoms with van der Waals surface area (Å²) in [7, 11) is 0. The largest absolute Gasteiger partial charge is 0.0651 e. The van der Waals surface area contributed by atoms with E-state index in [2.05, 4.69) is 79.7 Å². The normalized spacial score (nSPS) is 10.9. The standard InChI is InChI=1S/2C18H30/c2*1-5-9-15-13-17(11-7-3)18(12-8-4)14-16(15)10-6-2/h2*13-14H,5-12H2,1-4H3. The molecule has 0 heterocycles. The van der Waals surface area contributed by atoms with Gasteiger partial charge in [-0.1, -0.05) is 131 Å². The van der Waals surface area contributed by atoms with Crippen molar-refractivity contribution in [1.29, 1.82) is 0 Å². The molecule has 2 aromatic carbocycles. The van der Waals surface area contributed by atoms with Crippen LogP contribution in [0.5, 0.6) is 0 Å². The molecule has 0 saturated heterocycles. The lowest BCUT2D eigenvalue weighted by molar-refractivity contribution is 0.823. The third-order valence-electron chi connectivity index (χ3n) is 7.20. The van der Waals surface area contributed by atoms with Gasteiger partial charge in [-0.2, -0.15) is 0 Å². The zero-order chi connectivity index (χ0) is 26.8. The van der Waals surface area contributed by atoms with Crippen LogP contribution in [0.25, 0.3) is 0 Å². The fourth-order valence-electron chi connectivity index (χ4n) is 5.60. The molecule has 0 nitrogen and oxygen atoms in total. The third kappa shape index (κ3) is 10.8. The van der Waals surface area contributed by atoms with E-state index in [0.29, 0.717) is 0 Å². The van der Waals surface area contributed by atoms with Crippen molar-refractivity contribution in [3.8, 4) is 0 Å². The van der Waals surface area contributed by atoms with Gasteiger partial charge in [0.05, 0.1) is 0 Å². The van der Waals surface area contributed by atoms with E-state index in [9.17, 15) is 0 Å². The molecule has 204 valence electrons. The first-order valence-corrected chi connectivity index (χ1v) is 15.8. The molecule has 0 N–H and O–H groups in total. The number of aryl methyl sites for hydroxylation is 8. The van der Waals surface area contributed by atoms with Gasteiger partial charge in [0.2, 0.25) is 0 Å². The number of rotatable bonds is 16. The molecule has 36 heavy (non-hydrogen) atoms. The van der Waals surface area contributed by atoms with E-state index in [0.717, 1.165) is 0 Å².